The summed E-state index contributed by atoms with van der Waals surface area (Å²) in [5.74, 6) is -0.368. The van der Waals surface area contributed by atoms with Crippen LogP contribution in [0.15, 0.2) is 72.8 Å². The fraction of sp³-hybridized carbons (Fsp3) is 0.167. The molecule has 0 unspecified atom stereocenters. The molecule has 30 heavy (non-hydrogen) atoms. The fourth-order valence-electron chi connectivity index (χ4n) is 3.45. The molecule has 5 nitrogen and oxygen atoms in total. The molecular weight excluding hydrogens is 383 g/mol. The van der Waals surface area contributed by atoms with Crippen molar-refractivity contribution in [2.75, 3.05) is 5.32 Å². The molecule has 1 heterocycles. The van der Waals surface area contributed by atoms with Gasteiger partial charge in [-0.25, -0.2) is 4.39 Å². The molecule has 1 aliphatic heterocycles. The van der Waals surface area contributed by atoms with Crippen LogP contribution in [0.2, 0.25) is 0 Å². The zero-order valence-electron chi connectivity index (χ0n) is 16.5. The molecule has 0 spiro atoms. The van der Waals surface area contributed by atoms with Gasteiger partial charge < -0.3 is 15.0 Å². The Morgan fingerprint density at radius 1 is 1.10 bits per heavy atom. The van der Waals surface area contributed by atoms with Crippen molar-refractivity contribution in [1.82, 2.24) is 4.90 Å². The molecule has 0 bridgehead atoms. The monoisotopic (exact) mass is 404 g/mol. The van der Waals surface area contributed by atoms with Gasteiger partial charge in [-0.05, 0) is 48.9 Å². The van der Waals surface area contributed by atoms with Crippen LogP contribution in [0.5, 0.6) is 5.75 Å². The summed E-state index contributed by atoms with van der Waals surface area (Å²) in [6, 6.07) is 20.5. The second-order valence-corrected chi connectivity index (χ2v) is 7.23. The minimum absolute atomic E-state index is 0.0969. The van der Waals surface area contributed by atoms with Crippen LogP contribution in [-0.4, -0.2) is 22.8 Å². The van der Waals surface area contributed by atoms with Crippen LogP contribution in [0.1, 0.15) is 28.4 Å². The van der Waals surface area contributed by atoms with Crippen LogP contribution >= 0.6 is 0 Å². The SMILES string of the molecule is C[C@@H]1Oc2ccc(NC(=O)c3cccc(F)c3)cc2CN(Cc2ccccc2)C1=O. The lowest BCUT2D eigenvalue weighted by atomic mass is 10.1. The third kappa shape index (κ3) is 4.33. The molecule has 3 aromatic carbocycles. The molecule has 1 N–H and O–H groups in total. The Labute approximate surface area is 174 Å². The highest BCUT2D eigenvalue weighted by Crippen LogP contribution is 2.29. The number of carbonyl (C=O) groups is 2. The number of hydrogen-bond donors (Lipinski definition) is 1. The van der Waals surface area contributed by atoms with E-state index in [1.807, 2.05) is 30.3 Å². The lowest BCUT2D eigenvalue weighted by molar-refractivity contribution is -0.138. The number of halogens is 1. The molecule has 0 aliphatic carbocycles. The first-order valence-electron chi connectivity index (χ1n) is 9.69. The first kappa shape index (κ1) is 19.6. The van der Waals surface area contributed by atoms with Crippen molar-refractivity contribution in [1.29, 1.82) is 0 Å². The predicted octanol–water partition coefficient (Wildman–Crippen LogP) is 4.39. The highest BCUT2D eigenvalue weighted by Gasteiger charge is 2.28. The van der Waals surface area contributed by atoms with Crippen molar-refractivity contribution >= 4 is 17.5 Å². The number of anilines is 1. The summed E-state index contributed by atoms with van der Waals surface area (Å²) in [5, 5.41) is 2.78. The lowest BCUT2D eigenvalue weighted by Gasteiger charge is -2.22. The highest BCUT2D eigenvalue weighted by molar-refractivity contribution is 6.04. The average molecular weight is 404 g/mol. The lowest BCUT2D eigenvalue weighted by Crippen LogP contribution is -2.37. The molecule has 6 heteroatoms. The van der Waals surface area contributed by atoms with Gasteiger partial charge >= 0.3 is 0 Å². The van der Waals surface area contributed by atoms with E-state index < -0.39 is 17.8 Å². The van der Waals surface area contributed by atoms with Gasteiger partial charge in [0.05, 0.1) is 0 Å². The van der Waals surface area contributed by atoms with E-state index >= 15 is 0 Å². The Hall–Kier alpha value is -3.67. The molecule has 0 saturated heterocycles. The van der Waals surface area contributed by atoms with Gasteiger partial charge in [-0.3, -0.25) is 9.59 Å². The van der Waals surface area contributed by atoms with Crippen molar-refractivity contribution < 1.29 is 18.7 Å². The Kier molecular flexibility index (Phi) is 5.48. The Balaban J connectivity index is 1.57. The van der Waals surface area contributed by atoms with E-state index in [1.165, 1.54) is 18.2 Å². The van der Waals surface area contributed by atoms with Gasteiger partial charge in [0.1, 0.15) is 11.6 Å². The van der Waals surface area contributed by atoms with E-state index in [0.29, 0.717) is 24.5 Å². The van der Waals surface area contributed by atoms with E-state index in [1.54, 1.807) is 36.1 Å². The first-order chi connectivity index (χ1) is 14.5. The Morgan fingerprint density at radius 2 is 1.90 bits per heavy atom. The summed E-state index contributed by atoms with van der Waals surface area (Å²) in [7, 11) is 0. The van der Waals surface area contributed by atoms with Crippen molar-refractivity contribution in [2.24, 2.45) is 0 Å². The van der Waals surface area contributed by atoms with Crippen molar-refractivity contribution in [3.8, 4) is 5.75 Å². The topological polar surface area (TPSA) is 58.6 Å². The average Bonchev–Trinajstić information content (AvgIpc) is 2.85. The number of hydrogen-bond acceptors (Lipinski definition) is 3. The van der Waals surface area contributed by atoms with Gasteiger partial charge in [-0.15, -0.1) is 0 Å². The van der Waals surface area contributed by atoms with Crippen LogP contribution in [0.25, 0.3) is 0 Å². The summed E-state index contributed by atoms with van der Waals surface area (Å²) in [5.41, 5.74) is 2.60. The van der Waals surface area contributed by atoms with Gasteiger partial charge in [0, 0.05) is 29.9 Å². The third-order valence-electron chi connectivity index (χ3n) is 4.95. The Morgan fingerprint density at radius 3 is 2.67 bits per heavy atom. The van der Waals surface area contributed by atoms with Gasteiger partial charge in [0.2, 0.25) is 0 Å². The predicted molar refractivity (Wildman–Crippen MR) is 112 cm³/mol. The molecular formula is C24H21FN2O3. The summed E-state index contributed by atoms with van der Waals surface area (Å²) in [4.78, 5) is 27.0. The normalized spacial score (nSPS) is 15.7. The number of nitrogens with zero attached hydrogens (tertiary/aromatic N) is 1. The molecule has 0 radical (unpaired) electrons. The molecule has 1 aliphatic rings. The van der Waals surface area contributed by atoms with Crippen LogP contribution in [0, 0.1) is 5.82 Å². The minimum Gasteiger partial charge on any atom is -0.481 e. The standard InChI is InChI=1S/C24H21FN2O3/c1-16-24(29)27(14-17-6-3-2-4-7-17)15-19-13-21(10-11-22(19)30-16)26-23(28)18-8-5-9-20(25)12-18/h2-13,16H,14-15H2,1H3,(H,26,28)/t16-/m0/s1. The van der Waals surface area contributed by atoms with Crippen LogP contribution in [0.4, 0.5) is 10.1 Å². The highest BCUT2D eigenvalue weighted by atomic mass is 19.1. The van der Waals surface area contributed by atoms with E-state index in [-0.39, 0.29) is 11.5 Å². The summed E-state index contributed by atoms with van der Waals surface area (Å²) in [6.45, 7) is 2.55. The second-order valence-electron chi connectivity index (χ2n) is 7.23. The van der Waals surface area contributed by atoms with Crippen LogP contribution in [-0.2, 0) is 17.9 Å². The van der Waals surface area contributed by atoms with Gasteiger partial charge in [0.15, 0.2) is 6.10 Å². The molecule has 0 aromatic heterocycles. The quantitative estimate of drug-likeness (QED) is 0.702. The maximum absolute atomic E-state index is 13.4. The molecule has 152 valence electrons. The number of nitrogens with one attached hydrogen (secondary N) is 1. The number of rotatable bonds is 4. The van der Waals surface area contributed by atoms with E-state index in [4.69, 9.17) is 4.74 Å². The molecule has 3 aromatic rings. The number of amides is 2. The fourth-order valence-corrected chi connectivity index (χ4v) is 3.45. The van der Waals surface area contributed by atoms with Crippen molar-refractivity contribution in [3.05, 3.63) is 95.3 Å². The zero-order valence-corrected chi connectivity index (χ0v) is 16.5. The van der Waals surface area contributed by atoms with Crippen LogP contribution in [0.3, 0.4) is 0 Å². The molecule has 1 atom stereocenters. The van der Waals surface area contributed by atoms with Crippen LogP contribution < -0.4 is 10.1 Å². The summed E-state index contributed by atoms with van der Waals surface area (Å²) in [6.07, 6.45) is -0.609. The smallest absolute Gasteiger partial charge is 0.263 e. The maximum Gasteiger partial charge on any atom is 0.263 e. The molecule has 4 rings (SSSR count). The number of benzene rings is 3. The van der Waals surface area contributed by atoms with E-state index in [0.717, 1.165) is 11.1 Å². The Bertz CT molecular complexity index is 1080. The zero-order chi connectivity index (χ0) is 21.1. The van der Waals surface area contributed by atoms with E-state index in [9.17, 15) is 14.0 Å². The summed E-state index contributed by atoms with van der Waals surface area (Å²) >= 11 is 0. The minimum atomic E-state index is -0.609. The van der Waals surface area contributed by atoms with Gasteiger partial charge in [0.25, 0.3) is 11.8 Å². The molecule has 0 saturated carbocycles. The number of carbonyl (C=O) groups excluding carboxylic acids is 2. The third-order valence-corrected chi connectivity index (χ3v) is 4.95. The second kappa shape index (κ2) is 8.37. The summed E-state index contributed by atoms with van der Waals surface area (Å²) < 4.78 is 19.2. The van der Waals surface area contributed by atoms with Gasteiger partial charge in [-0.1, -0.05) is 36.4 Å². The number of fused-ring (bicyclic) bond motifs is 1. The number of ether oxygens (including phenoxy) is 1. The van der Waals surface area contributed by atoms with E-state index in [2.05, 4.69) is 5.32 Å². The molecule has 2 amide bonds. The molecule has 0 fully saturated rings. The first-order valence-corrected chi connectivity index (χ1v) is 9.69. The van der Waals surface area contributed by atoms with Crippen molar-refractivity contribution in [3.63, 3.8) is 0 Å². The van der Waals surface area contributed by atoms with Crippen molar-refractivity contribution in [2.45, 2.75) is 26.1 Å². The largest absolute Gasteiger partial charge is 0.481 e. The van der Waals surface area contributed by atoms with Gasteiger partial charge in [-0.2, -0.15) is 0 Å². The maximum atomic E-state index is 13.4.